The van der Waals surface area contributed by atoms with Gasteiger partial charge in [0.15, 0.2) is 17.2 Å². The number of Topliss-reactive ketones (excluding diaryl/α,β-unsaturated/α-hetero) is 2. The minimum absolute atomic E-state index is 0.0104. The fourth-order valence-electron chi connectivity index (χ4n) is 5.90. The van der Waals surface area contributed by atoms with Gasteiger partial charge in [-0.2, -0.15) is 0 Å². The Bertz CT molecular complexity index is 1400. The largest absolute Gasteiger partial charge is 0.510 e. The van der Waals surface area contributed by atoms with Gasteiger partial charge < -0.3 is 26.2 Å². The van der Waals surface area contributed by atoms with Gasteiger partial charge in [0.1, 0.15) is 22.8 Å². The topological polar surface area (TPSA) is 187 Å². The number of nitrogens with two attached hydrogens (primary N) is 1. The summed E-state index contributed by atoms with van der Waals surface area (Å²) < 4.78 is 0. The fraction of sp³-hybridized carbons (Fsp3) is 0.320. The van der Waals surface area contributed by atoms with Crippen molar-refractivity contribution in [2.75, 3.05) is 14.1 Å². The molecule has 0 bridgehead atoms. The summed E-state index contributed by atoms with van der Waals surface area (Å²) in [5, 5.41) is 44.3. The molecule has 0 unspecified atom stereocenters. The molecule has 1 aromatic heterocycles. The molecule has 11 nitrogen and oxygen atoms in total. The lowest BCUT2D eigenvalue weighted by Crippen LogP contribution is -2.63. The molecule has 5 rings (SSSR count). The van der Waals surface area contributed by atoms with Crippen LogP contribution < -0.4 is 5.73 Å². The number of hydrogen-bond donors (Lipinski definition) is 5. The maximum Gasteiger partial charge on any atom is 0.255 e. The van der Waals surface area contributed by atoms with E-state index in [0.717, 1.165) is 0 Å². The molecule has 0 spiro atoms. The van der Waals surface area contributed by atoms with Crippen molar-refractivity contribution < 1.29 is 34.8 Å². The van der Waals surface area contributed by atoms with Crippen LogP contribution in [-0.4, -0.2) is 78.5 Å². The number of phenols is 1. The second-order valence-electron chi connectivity index (χ2n) is 9.52. The van der Waals surface area contributed by atoms with Crippen molar-refractivity contribution in [1.29, 1.82) is 0 Å². The summed E-state index contributed by atoms with van der Waals surface area (Å²) in [7, 11) is 3.16. The van der Waals surface area contributed by atoms with E-state index in [-0.39, 0.29) is 29.7 Å². The van der Waals surface area contributed by atoms with Crippen LogP contribution in [0, 0.1) is 11.8 Å². The van der Waals surface area contributed by atoms with Crippen LogP contribution in [0.3, 0.4) is 0 Å². The summed E-state index contributed by atoms with van der Waals surface area (Å²) in [5.74, 6) is -6.54. The number of rotatable bonds is 3. The van der Waals surface area contributed by atoms with Crippen molar-refractivity contribution in [3.8, 4) is 17.1 Å². The third-order valence-electron chi connectivity index (χ3n) is 7.41. The Morgan fingerprint density at radius 1 is 1.14 bits per heavy atom. The normalized spacial score (nSPS) is 27.6. The molecular formula is C25H24N4O7. The second-order valence-corrected chi connectivity index (χ2v) is 9.52. The van der Waals surface area contributed by atoms with E-state index in [1.165, 1.54) is 11.0 Å². The van der Waals surface area contributed by atoms with Gasteiger partial charge in [0.2, 0.25) is 5.78 Å². The van der Waals surface area contributed by atoms with E-state index < -0.39 is 58.0 Å². The summed E-state index contributed by atoms with van der Waals surface area (Å²) in [6.45, 7) is 0. The van der Waals surface area contributed by atoms with Gasteiger partial charge in [-0.1, -0.05) is 0 Å². The van der Waals surface area contributed by atoms with Crippen molar-refractivity contribution in [3.63, 3.8) is 0 Å². The molecular weight excluding hydrogens is 468 g/mol. The van der Waals surface area contributed by atoms with E-state index in [1.807, 2.05) is 0 Å². The number of aliphatic hydroxyl groups excluding tert-OH is 2. The first-order valence-electron chi connectivity index (χ1n) is 11.3. The smallest absolute Gasteiger partial charge is 0.255 e. The average molecular weight is 492 g/mol. The molecule has 0 aliphatic heterocycles. The number of nitrogens with zero attached hydrogens (tertiary/aromatic N) is 3. The van der Waals surface area contributed by atoms with Crippen molar-refractivity contribution in [2.24, 2.45) is 17.6 Å². The Morgan fingerprint density at radius 3 is 2.42 bits per heavy atom. The fourth-order valence-corrected chi connectivity index (χ4v) is 5.90. The highest BCUT2D eigenvalue weighted by Crippen LogP contribution is 2.52. The van der Waals surface area contributed by atoms with Gasteiger partial charge in [-0.3, -0.25) is 19.3 Å². The lowest BCUT2D eigenvalue weighted by molar-refractivity contribution is -0.148. The van der Waals surface area contributed by atoms with Gasteiger partial charge >= 0.3 is 0 Å². The molecule has 3 aliphatic carbocycles. The molecule has 0 saturated heterocycles. The van der Waals surface area contributed by atoms with E-state index in [4.69, 9.17) is 5.73 Å². The van der Waals surface area contributed by atoms with Crippen LogP contribution in [0.1, 0.15) is 22.3 Å². The molecule has 186 valence electrons. The quantitative estimate of drug-likeness (QED) is 0.379. The van der Waals surface area contributed by atoms with E-state index in [2.05, 4.69) is 9.97 Å². The number of carbonyl (C=O) groups excluding carboxylic acids is 3. The Hall–Kier alpha value is -4.09. The minimum atomic E-state index is -2.67. The number of aromatic nitrogens is 2. The van der Waals surface area contributed by atoms with Crippen LogP contribution >= 0.6 is 0 Å². The summed E-state index contributed by atoms with van der Waals surface area (Å²) in [4.78, 5) is 49.0. The molecule has 36 heavy (non-hydrogen) atoms. The van der Waals surface area contributed by atoms with Crippen LogP contribution in [0.4, 0.5) is 0 Å². The van der Waals surface area contributed by atoms with Crippen LogP contribution in [0.2, 0.25) is 0 Å². The summed E-state index contributed by atoms with van der Waals surface area (Å²) >= 11 is 0. The van der Waals surface area contributed by atoms with Gasteiger partial charge in [-0.15, -0.1) is 0 Å². The van der Waals surface area contributed by atoms with E-state index in [1.54, 1.807) is 38.6 Å². The van der Waals surface area contributed by atoms with Gasteiger partial charge in [0.25, 0.3) is 5.91 Å². The molecule has 3 aliphatic rings. The Kier molecular flexibility index (Phi) is 5.23. The number of ketones is 2. The maximum absolute atomic E-state index is 13.7. The predicted octanol–water partition coefficient (Wildman–Crippen LogP) is 0.578. The van der Waals surface area contributed by atoms with Crippen molar-refractivity contribution in [3.05, 3.63) is 64.4 Å². The predicted molar refractivity (Wildman–Crippen MR) is 125 cm³/mol. The third kappa shape index (κ3) is 3.02. The lowest BCUT2D eigenvalue weighted by Gasteiger charge is -2.50. The number of likely N-dealkylation sites (N-methyl/N-ethyl adjacent to an activating group) is 1. The molecule has 1 amide bonds. The number of carbonyl (C=O) groups is 3. The molecule has 1 heterocycles. The first-order valence-corrected chi connectivity index (χ1v) is 11.3. The number of fused-ring (bicyclic) bond motifs is 3. The zero-order valence-corrected chi connectivity index (χ0v) is 19.5. The average Bonchev–Trinajstić information content (AvgIpc) is 2.81. The van der Waals surface area contributed by atoms with Gasteiger partial charge in [-0.05, 0) is 56.6 Å². The van der Waals surface area contributed by atoms with Crippen molar-refractivity contribution in [1.82, 2.24) is 14.9 Å². The maximum atomic E-state index is 13.7. The molecule has 0 fully saturated rings. The van der Waals surface area contributed by atoms with Gasteiger partial charge in [-0.25, -0.2) is 9.97 Å². The summed E-state index contributed by atoms with van der Waals surface area (Å²) in [5.41, 5.74) is 2.53. The summed E-state index contributed by atoms with van der Waals surface area (Å²) in [6, 6.07) is 3.52. The molecule has 6 N–H and O–H groups in total. The standard InChI is InChI=1S/C25H24N4O7/c1-29(2)18-13-9-10-8-12-11(24-27-6-3-7-28-24)4-5-14(30)16(12)19(31)15(10)21(33)25(13,36)22(34)17(20(18)32)23(26)35/h3-7,10,13,18,30,32-33,36H,8-9H2,1-2H3,(H2,26,35)/t10-,13+,18+,25+/m0/s1. The van der Waals surface area contributed by atoms with Gasteiger partial charge in [0, 0.05) is 29.4 Å². The SMILES string of the molecule is CN(C)[C@H]1C(O)=C(C(N)=O)C(=O)[C@]2(O)C(O)=C3C(=O)c4c(O)ccc(-c5ncccn5)c4C[C@H]3C[C@H]12. The molecule has 4 atom stereocenters. The van der Waals surface area contributed by atoms with Crippen LogP contribution in [0.25, 0.3) is 11.4 Å². The number of aromatic hydroxyl groups is 1. The number of aliphatic hydroxyl groups is 3. The number of hydrogen-bond acceptors (Lipinski definition) is 10. The Balaban J connectivity index is 1.73. The lowest BCUT2D eigenvalue weighted by atomic mass is 9.58. The van der Waals surface area contributed by atoms with Gasteiger partial charge in [0.05, 0.1) is 11.6 Å². The molecule has 11 heteroatoms. The second kappa shape index (κ2) is 7.97. The number of phenolic OH excluding ortho intramolecular Hbond substituents is 1. The molecule has 0 saturated carbocycles. The van der Waals surface area contributed by atoms with E-state index in [9.17, 15) is 34.8 Å². The van der Waals surface area contributed by atoms with Crippen molar-refractivity contribution >= 4 is 17.5 Å². The molecule has 0 radical (unpaired) electrons. The first kappa shape index (κ1) is 23.6. The minimum Gasteiger partial charge on any atom is -0.510 e. The number of allylic oxidation sites excluding steroid dienone is 1. The summed E-state index contributed by atoms with van der Waals surface area (Å²) in [6.07, 6.45) is 3.27. The molecule has 2 aromatic rings. The number of primary amides is 1. The highest BCUT2D eigenvalue weighted by atomic mass is 16.3. The Labute approximate surface area is 205 Å². The van der Waals surface area contributed by atoms with Crippen LogP contribution in [0.5, 0.6) is 5.75 Å². The zero-order valence-electron chi connectivity index (χ0n) is 19.5. The first-order chi connectivity index (χ1) is 17.0. The monoisotopic (exact) mass is 492 g/mol. The van der Waals surface area contributed by atoms with E-state index >= 15 is 0 Å². The zero-order chi connectivity index (χ0) is 26.1. The van der Waals surface area contributed by atoms with Crippen LogP contribution in [-0.2, 0) is 16.0 Å². The molecule has 1 aromatic carbocycles. The third-order valence-corrected chi connectivity index (χ3v) is 7.41. The Morgan fingerprint density at radius 2 is 1.81 bits per heavy atom. The van der Waals surface area contributed by atoms with Crippen molar-refractivity contribution in [2.45, 2.75) is 24.5 Å². The van der Waals surface area contributed by atoms with Crippen LogP contribution in [0.15, 0.2) is 53.3 Å². The number of amides is 1. The highest BCUT2D eigenvalue weighted by molar-refractivity contribution is 6.24. The highest BCUT2D eigenvalue weighted by Gasteiger charge is 2.63. The van der Waals surface area contributed by atoms with E-state index in [0.29, 0.717) is 17.0 Å². The number of benzene rings is 1.